The van der Waals surface area contributed by atoms with Crippen molar-refractivity contribution in [2.45, 2.75) is 32.3 Å². The third-order valence-electron chi connectivity index (χ3n) is 4.68. The Morgan fingerprint density at radius 2 is 1.93 bits per heavy atom. The quantitative estimate of drug-likeness (QED) is 0.490. The molecule has 0 aliphatic carbocycles. The number of rotatable bonds is 7. The first kappa shape index (κ1) is 21.9. The van der Waals surface area contributed by atoms with E-state index in [0.717, 1.165) is 28.3 Å². The van der Waals surface area contributed by atoms with E-state index in [-0.39, 0.29) is 18.1 Å². The molecule has 1 heterocycles. The van der Waals surface area contributed by atoms with Gasteiger partial charge in [0.1, 0.15) is 5.82 Å². The number of hydrogen-bond acceptors (Lipinski definition) is 5. The zero-order valence-electron chi connectivity index (χ0n) is 17.1. The van der Waals surface area contributed by atoms with Gasteiger partial charge in [0, 0.05) is 17.3 Å². The average molecular weight is 440 g/mol. The van der Waals surface area contributed by atoms with Crippen molar-refractivity contribution in [3.63, 3.8) is 0 Å². The molecule has 0 spiro atoms. The Balaban J connectivity index is 1.82. The first-order valence-corrected chi connectivity index (χ1v) is 10.8. The molecule has 0 fully saturated rings. The molecule has 1 amide bonds. The number of amides is 1. The Morgan fingerprint density at radius 1 is 1.17 bits per heavy atom. The normalized spacial score (nSPS) is 10.6. The SMILES string of the molecule is Cc1cc(N(CCC#N)C(=O)CSc2nnc(C)n2-c2ccccc2C)ccc1Cl. The van der Waals surface area contributed by atoms with E-state index in [1.54, 1.807) is 17.0 Å². The Kier molecular flexibility index (Phi) is 7.14. The van der Waals surface area contributed by atoms with Gasteiger partial charge in [-0.1, -0.05) is 41.6 Å². The van der Waals surface area contributed by atoms with E-state index in [9.17, 15) is 4.79 Å². The molecule has 154 valence electrons. The van der Waals surface area contributed by atoms with Crippen LogP contribution in [0.15, 0.2) is 47.6 Å². The van der Waals surface area contributed by atoms with Crippen LogP contribution in [-0.2, 0) is 4.79 Å². The standard InChI is InChI=1S/C22H22ClN5OS/c1-15-7-4-5-8-20(15)28-17(3)25-26-22(28)30-14-21(29)27(12-6-11-24)18-9-10-19(23)16(2)13-18/h4-5,7-10,13H,6,12,14H2,1-3H3. The first-order valence-electron chi connectivity index (χ1n) is 9.46. The molecule has 0 radical (unpaired) electrons. The molecule has 0 N–H and O–H groups in total. The van der Waals surface area contributed by atoms with Crippen LogP contribution in [0.5, 0.6) is 0 Å². The van der Waals surface area contributed by atoms with Crippen molar-refractivity contribution in [1.82, 2.24) is 14.8 Å². The molecule has 0 unspecified atom stereocenters. The molecule has 0 aliphatic heterocycles. The molecule has 30 heavy (non-hydrogen) atoms. The predicted molar refractivity (Wildman–Crippen MR) is 120 cm³/mol. The topological polar surface area (TPSA) is 74.8 Å². The number of benzene rings is 2. The lowest BCUT2D eigenvalue weighted by molar-refractivity contribution is -0.116. The largest absolute Gasteiger partial charge is 0.311 e. The summed E-state index contributed by atoms with van der Waals surface area (Å²) in [5.74, 6) is 0.833. The minimum atomic E-state index is -0.103. The van der Waals surface area contributed by atoms with Crippen molar-refractivity contribution in [1.29, 1.82) is 5.26 Å². The van der Waals surface area contributed by atoms with Crippen molar-refractivity contribution in [3.05, 3.63) is 64.4 Å². The minimum absolute atomic E-state index is 0.103. The van der Waals surface area contributed by atoms with E-state index in [0.29, 0.717) is 16.7 Å². The lowest BCUT2D eigenvalue weighted by Gasteiger charge is -2.22. The van der Waals surface area contributed by atoms with Crippen LogP contribution in [0.3, 0.4) is 0 Å². The van der Waals surface area contributed by atoms with Crippen LogP contribution in [-0.4, -0.2) is 33.0 Å². The maximum atomic E-state index is 13.0. The highest BCUT2D eigenvalue weighted by atomic mass is 35.5. The van der Waals surface area contributed by atoms with Gasteiger partial charge in [0.05, 0.1) is 23.9 Å². The molecule has 0 bridgehead atoms. The maximum Gasteiger partial charge on any atom is 0.237 e. The number of hydrogen-bond donors (Lipinski definition) is 0. The number of anilines is 1. The average Bonchev–Trinajstić information content (AvgIpc) is 3.10. The molecule has 0 aliphatic rings. The number of nitrogens with zero attached hydrogens (tertiary/aromatic N) is 5. The van der Waals surface area contributed by atoms with E-state index >= 15 is 0 Å². The van der Waals surface area contributed by atoms with Crippen LogP contribution in [0, 0.1) is 32.1 Å². The summed E-state index contributed by atoms with van der Waals surface area (Å²) >= 11 is 7.46. The Morgan fingerprint density at radius 3 is 2.63 bits per heavy atom. The number of carbonyl (C=O) groups excluding carboxylic acids is 1. The van der Waals surface area contributed by atoms with Gasteiger partial charge in [0.2, 0.25) is 5.91 Å². The zero-order chi connectivity index (χ0) is 21.7. The molecular formula is C22H22ClN5OS. The van der Waals surface area contributed by atoms with Crippen LogP contribution < -0.4 is 4.90 Å². The predicted octanol–water partition coefficient (Wildman–Crippen LogP) is 4.88. The second kappa shape index (κ2) is 9.79. The highest BCUT2D eigenvalue weighted by molar-refractivity contribution is 7.99. The number of aromatic nitrogens is 3. The molecule has 8 heteroatoms. The lowest BCUT2D eigenvalue weighted by Crippen LogP contribution is -2.33. The smallest absolute Gasteiger partial charge is 0.237 e. The summed E-state index contributed by atoms with van der Waals surface area (Å²) < 4.78 is 1.96. The molecule has 0 saturated heterocycles. The number of aryl methyl sites for hydroxylation is 3. The summed E-state index contributed by atoms with van der Waals surface area (Å²) in [6.45, 7) is 6.13. The Hall–Kier alpha value is -2.82. The first-order chi connectivity index (χ1) is 14.4. The summed E-state index contributed by atoms with van der Waals surface area (Å²) in [7, 11) is 0. The summed E-state index contributed by atoms with van der Waals surface area (Å²) in [4.78, 5) is 14.7. The van der Waals surface area contributed by atoms with E-state index in [1.165, 1.54) is 11.8 Å². The highest BCUT2D eigenvalue weighted by Crippen LogP contribution is 2.26. The monoisotopic (exact) mass is 439 g/mol. The summed E-state index contributed by atoms with van der Waals surface area (Å²) in [6.07, 6.45) is 0.247. The second-order valence-corrected chi connectivity index (χ2v) is 8.18. The van der Waals surface area contributed by atoms with Crippen LogP contribution in [0.1, 0.15) is 23.4 Å². The van der Waals surface area contributed by atoms with Gasteiger partial charge in [-0.15, -0.1) is 10.2 Å². The van der Waals surface area contributed by atoms with Gasteiger partial charge in [-0.2, -0.15) is 5.26 Å². The van der Waals surface area contributed by atoms with Gasteiger partial charge in [0.15, 0.2) is 5.16 Å². The van der Waals surface area contributed by atoms with E-state index in [1.807, 2.05) is 55.7 Å². The third kappa shape index (κ3) is 4.84. The van der Waals surface area contributed by atoms with E-state index in [4.69, 9.17) is 16.9 Å². The van der Waals surface area contributed by atoms with Crippen LogP contribution >= 0.6 is 23.4 Å². The molecule has 3 aromatic rings. The van der Waals surface area contributed by atoms with Gasteiger partial charge >= 0.3 is 0 Å². The fraction of sp³-hybridized carbons (Fsp3) is 0.273. The third-order valence-corrected chi connectivity index (χ3v) is 6.02. The van der Waals surface area contributed by atoms with Crippen molar-refractivity contribution in [3.8, 4) is 11.8 Å². The van der Waals surface area contributed by atoms with Gasteiger partial charge < -0.3 is 4.90 Å². The number of halogens is 1. The molecule has 0 atom stereocenters. The molecule has 2 aromatic carbocycles. The van der Waals surface area contributed by atoms with Crippen LogP contribution in [0.4, 0.5) is 5.69 Å². The highest BCUT2D eigenvalue weighted by Gasteiger charge is 2.19. The van der Waals surface area contributed by atoms with Gasteiger partial charge in [-0.3, -0.25) is 9.36 Å². The summed E-state index contributed by atoms with van der Waals surface area (Å²) in [5.41, 5.74) is 3.70. The number of carbonyl (C=O) groups is 1. The van der Waals surface area contributed by atoms with Gasteiger partial charge in [-0.25, -0.2) is 0 Å². The van der Waals surface area contributed by atoms with Crippen LogP contribution in [0.25, 0.3) is 5.69 Å². The van der Waals surface area contributed by atoms with Gasteiger partial charge in [0.25, 0.3) is 0 Å². The van der Waals surface area contributed by atoms with Crippen molar-refractivity contribution >= 4 is 35.0 Å². The minimum Gasteiger partial charge on any atom is -0.311 e. The zero-order valence-corrected chi connectivity index (χ0v) is 18.7. The number of para-hydroxylation sites is 1. The fourth-order valence-electron chi connectivity index (χ4n) is 3.09. The van der Waals surface area contributed by atoms with Crippen molar-refractivity contribution < 1.29 is 4.79 Å². The Labute approximate surface area is 185 Å². The molecule has 3 rings (SSSR count). The second-order valence-electron chi connectivity index (χ2n) is 6.83. The van der Waals surface area contributed by atoms with Crippen molar-refractivity contribution in [2.24, 2.45) is 0 Å². The fourth-order valence-corrected chi connectivity index (χ4v) is 4.07. The molecule has 1 aromatic heterocycles. The van der Waals surface area contributed by atoms with Crippen molar-refractivity contribution in [2.75, 3.05) is 17.2 Å². The molecule has 6 nitrogen and oxygen atoms in total. The summed E-state index contributed by atoms with van der Waals surface area (Å²) in [5, 5.41) is 18.8. The Bertz CT molecular complexity index is 1110. The van der Waals surface area contributed by atoms with Gasteiger partial charge in [-0.05, 0) is 56.2 Å². The summed E-state index contributed by atoms with van der Waals surface area (Å²) in [6, 6.07) is 15.5. The lowest BCUT2D eigenvalue weighted by atomic mass is 10.2. The maximum absolute atomic E-state index is 13.0. The van der Waals surface area contributed by atoms with E-state index in [2.05, 4.69) is 16.3 Å². The number of nitriles is 1. The molecule has 0 saturated carbocycles. The van der Waals surface area contributed by atoms with Crippen LogP contribution in [0.2, 0.25) is 5.02 Å². The van der Waals surface area contributed by atoms with E-state index < -0.39 is 0 Å². The number of thioether (sulfide) groups is 1. The molecular weight excluding hydrogens is 418 g/mol.